The molecule has 0 aliphatic rings. The van der Waals surface area contributed by atoms with Gasteiger partial charge in [0.05, 0.1) is 5.52 Å². The zero-order valence-corrected chi connectivity index (χ0v) is 13.2. The predicted molar refractivity (Wildman–Crippen MR) is 92.1 cm³/mol. The maximum atomic E-state index is 4.74. The molecule has 0 saturated carbocycles. The van der Waals surface area contributed by atoms with E-state index < -0.39 is 0 Å². The molecular weight excluding hydrogens is 270 g/mol. The molecule has 1 N–H and O–H groups in total. The average Bonchev–Trinajstić information content (AvgIpc) is 2.55. The van der Waals surface area contributed by atoms with Crippen LogP contribution in [0, 0.1) is 0 Å². The smallest absolute Gasteiger partial charge is 0.138 e. The Bertz CT molecular complexity index is 766. The van der Waals surface area contributed by atoms with Crippen LogP contribution >= 0.6 is 0 Å². The highest BCUT2D eigenvalue weighted by atomic mass is 15.1. The molecule has 0 aliphatic carbocycles. The molecule has 1 aromatic heterocycles. The van der Waals surface area contributed by atoms with E-state index in [4.69, 9.17) is 4.98 Å². The molecule has 3 heteroatoms. The van der Waals surface area contributed by atoms with Crippen LogP contribution in [-0.4, -0.2) is 9.97 Å². The van der Waals surface area contributed by atoms with Crippen LogP contribution in [-0.2, 0) is 0 Å². The van der Waals surface area contributed by atoms with Crippen LogP contribution in [0.4, 0.5) is 5.82 Å². The molecule has 2 aromatic carbocycles. The zero-order valence-electron chi connectivity index (χ0n) is 13.2. The number of nitrogens with zero attached hydrogens (tertiary/aromatic N) is 2. The number of para-hydroxylation sites is 1. The molecule has 0 saturated heterocycles. The first-order chi connectivity index (χ1) is 10.6. The second kappa shape index (κ2) is 6.14. The Labute approximate surface area is 131 Å². The van der Waals surface area contributed by atoms with E-state index in [-0.39, 0.29) is 6.04 Å². The van der Waals surface area contributed by atoms with Gasteiger partial charge in [-0.25, -0.2) is 9.97 Å². The Kier molecular flexibility index (Phi) is 4.05. The van der Waals surface area contributed by atoms with E-state index in [0.29, 0.717) is 5.92 Å². The molecule has 1 unspecified atom stereocenters. The summed E-state index contributed by atoms with van der Waals surface area (Å²) in [5, 5.41) is 4.61. The molecular formula is C19H21N3. The molecule has 3 nitrogen and oxygen atoms in total. The minimum Gasteiger partial charge on any atom is -0.363 e. The van der Waals surface area contributed by atoms with E-state index in [9.17, 15) is 0 Å². The van der Waals surface area contributed by atoms with Crippen molar-refractivity contribution >= 4 is 16.7 Å². The van der Waals surface area contributed by atoms with E-state index >= 15 is 0 Å². The molecule has 0 amide bonds. The van der Waals surface area contributed by atoms with Crippen LogP contribution in [0.15, 0.2) is 54.6 Å². The highest BCUT2D eigenvalue weighted by Crippen LogP contribution is 2.26. The van der Waals surface area contributed by atoms with Gasteiger partial charge in [0.15, 0.2) is 0 Å². The first-order valence-corrected chi connectivity index (χ1v) is 7.73. The van der Waals surface area contributed by atoms with Gasteiger partial charge in [-0.1, -0.05) is 56.3 Å². The molecule has 0 radical (unpaired) electrons. The van der Waals surface area contributed by atoms with Gasteiger partial charge in [-0.3, -0.25) is 0 Å². The summed E-state index contributed by atoms with van der Waals surface area (Å²) in [5.74, 6) is 2.09. The maximum Gasteiger partial charge on any atom is 0.138 e. The van der Waals surface area contributed by atoms with Crippen LogP contribution < -0.4 is 5.32 Å². The van der Waals surface area contributed by atoms with Crippen molar-refractivity contribution < 1.29 is 0 Å². The largest absolute Gasteiger partial charge is 0.363 e. The predicted octanol–water partition coefficient (Wildman–Crippen LogP) is 4.93. The highest BCUT2D eigenvalue weighted by molar-refractivity contribution is 5.89. The lowest BCUT2D eigenvalue weighted by molar-refractivity contribution is 0.777. The monoisotopic (exact) mass is 291 g/mol. The number of hydrogen-bond acceptors (Lipinski definition) is 3. The summed E-state index contributed by atoms with van der Waals surface area (Å²) in [5.41, 5.74) is 2.24. The SMILES string of the molecule is CC(C)c1nc(NC(C)c2ccccc2)c2ccccc2n1. The van der Waals surface area contributed by atoms with Gasteiger partial charge in [0.1, 0.15) is 11.6 Å². The minimum absolute atomic E-state index is 0.194. The van der Waals surface area contributed by atoms with Crippen LogP contribution in [0.2, 0.25) is 0 Å². The maximum absolute atomic E-state index is 4.74. The molecule has 1 heterocycles. The molecule has 3 aromatic rings. The molecule has 22 heavy (non-hydrogen) atoms. The number of anilines is 1. The van der Waals surface area contributed by atoms with Crippen molar-refractivity contribution in [2.24, 2.45) is 0 Å². The first-order valence-electron chi connectivity index (χ1n) is 7.73. The fourth-order valence-corrected chi connectivity index (χ4v) is 2.49. The van der Waals surface area contributed by atoms with Crippen molar-refractivity contribution in [3.05, 3.63) is 66.0 Å². The van der Waals surface area contributed by atoms with Crippen LogP contribution in [0.5, 0.6) is 0 Å². The summed E-state index contributed by atoms with van der Waals surface area (Å²) in [6.45, 7) is 6.39. The van der Waals surface area contributed by atoms with Crippen molar-refractivity contribution in [1.29, 1.82) is 0 Å². The fraction of sp³-hybridized carbons (Fsp3) is 0.263. The highest BCUT2D eigenvalue weighted by Gasteiger charge is 2.12. The molecule has 0 fully saturated rings. The third-order valence-electron chi connectivity index (χ3n) is 3.79. The van der Waals surface area contributed by atoms with Crippen molar-refractivity contribution in [3.63, 3.8) is 0 Å². The summed E-state index contributed by atoms with van der Waals surface area (Å²) < 4.78 is 0. The topological polar surface area (TPSA) is 37.8 Å². The fourth-order valence-electron chi connectivity index (χ4n) is 2.49. The number of aromatic nitrogens is 2. The second-order valence-corrected chi connectivity index (χ2v) is 5.88. The van der Waals surface area contributed by atoms with Gasteiger partial charge in [-0.2, -0.15) is 0 Å². The third kappa shape index (κ3) is 2.93. The molecule has 0 aliphatic heterocycles. The number of rotatable bonds is 4. The standard InChI is InChI=1S/C19H21N3/c1-13(2)18-21-17-12-8-7-11-16(17)19(22-18)20-14(3)15-9-5-4-6-10-15/h4-14H,1-3H3,(H,20,21,22). The van der Waals surface area contributed by atoms with Gasteiger partial charge in [0, 0.05) is 17.3 Å². The Hall–Kier alpha value is -2.42. The van der Waals surface area contributed by atoms with Gasteiger partial charge >= 0.3 is 0 Å². The molecule has 0 bridgehead atoms. The van der Waals surface area contributed by atoms with Crippen LogP contribution in [0.1, 0.15) is 44.1 Å². The van der Waals surface area contributed by atoms with Gasteiger partial charge < -0.3 is 5.32 Å². The minimum atomic E-state index is 0.194. The second-order valence-electron chi connectivity index (χ2n) is 5.88. The van der Waals surface area contributed by atoms with E-state index in [2.05, 4.69) is 61.4 Å². The van der Waals surface area contributed by atoms with Gasteiger partial charge in [0.25, 0.3) is 0 Å². The van der Waals surface area contributed by atoms with Crippen molar-refractivity contribution in [1.82, 2.24) is 9.97 Å². The summed E-state index contributed by atoms with van der Waals surface area (Å²) in [6.07, 6.45) is 0. The van der Waals surface area contributed by atoms with Crippen molar-refractivity contribution in [2.75, 3.05) is 5.32 Å². The van der Waals surface area contributed by atoms with E-state index in [0.717, 1.165) is 22.5 Å². The third-order valence-corrected chi connectivity index (χ3v) is 3.79. The summed E-state index contributed by atoms with van der Waals surface area (Å²) in [7, 11) is 0. The number of benzene rings is 2. The Balaban J connectivity index is 2.02. The lowest BCUT2D eigenvalue weighted by Crippen LogP contribution is -2.10. The van der Waals surface area contributed by atoms with Gasteiger partial charge in [-0.05, 0) is 24.6 Å². The van der Waals surface area contributed by atoms with Crippen LogP contribution in [0.25, 0.3) is 10.9 Å². The van der Waals surface area contributed by atoms with Gasteiger partial charge in [0.2, 0.25) is 0 Å². The molecule has 0 spiro atoms. The van der Waals surface area contributed by atoms with E-state index in [1.165, 1.54) is 5.56 Å². The Morgan fingerprint density at radius 3 is 2.23 bits per heavy atom. The molecule has 3 rings (SSSR count). The van der Waals surface area contributed by atoms with Gasteiger partial charge in [-0.15, -0.1) is 0 Å². The van der Waals surface area contributed by atoms with E-state index in [1.807, 2.05) is 24.3 Å². The lowest BCUT2D eigenvalue weighted by Gasteiger charge is -2.18. The summed E-state index contributed by atoms with van der Waals surface area (Å²) in [4.78, 5) is 9.41. The number of fused-ring (bicyclic) bond motifs is 1. The Morgan fingerprint density at radius 1 is 0.818 bits per heavy atom. The van der Waals surface area contributed by atoms with Crippen molar-refractivity contribution in [2.45, 2.75) is 32.7 Å². The lowest BCUT2D eigenvalue weighted by atomic mass is 10.1. The zero-order chi connectivity index (χ0) is 15.5. The normalized spacial score (nSPS) is 12.5. The van der Waals surface area contributed by atoms with Crippen LogP contribution in [0.3, 0.4) is 0 Å². The number of nitrogens with one attached hydrogen (secondary N) is 1. The summed E-state index contributed by atoms with van der Waals surface area (Å²) in [6, 6.07) is 18.8. The first kappa shape index (κ1) is 14.5. The summed E-state index contributed by atoms with van der Waals surface area (Å²) >= 11 is 0. The molecule has 112 valence electrons. The number of hydrogen-bond donors (Lipinski definition) is 1. The average molecular weight is 291 g/mol. The van der Waals surface area contributed by atoms with E-state index in [1.54, 1.807) is 0 Å². The molecule has 1 atom stereocenters. The van der Waals surface area contributed by atoms with Crippen molar-refractivity contribution in [3.8, 4) is 0 Å². The quantitative estimate of drug-likeness (QED) is 0.741. The Morgan fingerprint density at radius 2 is 1.50 bits per heavy atom.